The molecule has 1 N–H and O–H groups in total. The van der Waals surface area contributed by atoms with Gasteiger partial charge in [0.1, 0.15) is 12.0 Å². The summed E-state index contributed by atoms with van der Waals surface area (Å²) in [6.07, 6.45) is 4.17. The van der Waals surface area contributed by atoms with Crippen molar-refractivity contribution in [2.24, 2.45) is 0 Å². The van der Waals surface area contributed by atoms with E-state index in [2.05, 4.69) is 19.9 Å². The molecule has 16 heavy (non-hydrogen) atoms. The molecule has 0 aliphatic carbocycles. The van der Waals surface area contributed by atoms with E-state index in [0.717, 1.165) is 11.3 Å². The Bertz CT molecular complexity index is 485. The second-order valence-corrected chi connectivity index (χ2v) is 3.50. The van der Waals surface area contributed by atoms with Gasteiger partial charge in [0.25, 0.3) is 0 Å². The van der Waals surface area contributed by atoms with Gasteiger partial charge in [-0.25, -0.2) is 19.9 Å². The predicted octanol–water partition coefficient (Wildman–Crippen LogP) is 1.30. The lowest BCUT2D eigenvalue weighted by Gasteiger charge is -2.08. The van der Waals surface area contributed by atoms with Gasteiger partial charge in [0.05, 0.1) is 6.10 Å². The summed E-state index contributed by atoms with van der Waals surface area (Å²) >= 11 is 0. The van der Waals surface area contributed by atoms with Gasteiger partial charge in [-0.1, -0.05) is 0 Å². The summed E-state index contributed by atoms with van der Waals surface area (Å²) in [5.74, 6) is 0.546. The molecule has 0 aliphatic rings. The first kappa shape index (κ1) is 10.6. The number of aromatic nitrogens is 4. The number of aliphatic hydroxyl groups is 1. The van der Waals surface area contributed by atoms with Crippen LogP contribution in [0.3, 0.4) is 0 Å². The Labute approximate surface area is 93.3 Å². The minimum absolute atomic E-state index is 0.546. The quantitative estimate of drug-likeness (QED) is 0.819. The van der Waals surface area contributed by atoms with Gasteiger partial charge in [-0.2, -0.15) is 0 Å². The van der Waals surface area contributed by atoms with Gasteiger partial charge in [-0.05, 0) is 19.9 Å². The van der Waals surface area contributed by atoms with E-state index in [1.165, 1.54) is 6.33 Å². The molecule has 0 unspecified atom stereocenters. The topological polar surface area (TPSA) is 71.8 Å². The normalized spacial score (nSPS) is 12.4. The van der Waals surface area contributed by atoms with Crippen LogP contribution in [-0.4, -0.2) is 25.0 Å². The second-order valence-electron chi connectivity index (χ2n) is 3.50. The molecule has 0 amide bonds. The largest absolute Gasteiger partial charge is 0.389 e. The highest BCUT2D eigenvalue weighted by Crippen LogP contribution is 2.17. The zero-order chi connectivity index (χ0) is 11.5. The molecule has 0 radical (unpaired) electrons. The van der Waals surface area contributed by atoms with Crippen molar-refractivity contribution in [1.82, 2.24) is 19.9 Å². The molecule has 0 saturated carbocycles. The monoisotopic (exact) mass is 216 g/mol. The van der Waals surface area contributed by atoms with Gasteiger partial charge in [-0.3, -0.25) is 0 Å². The van der Waals surface area contributed by atoms with Gasteiger partial charge in [0.2, 0.25) is 0 Å². The molecule has 1 atom stereocenters. The lowest BCUT2D eigenvalue weighted by Crippen LogP contribution is -2.01. The number of hydrogen-bond acceptors (Lipinski definition) is 5. The molecular formula is C11H12N4O. The van der Waals surface area contributed by atoms with Crippen LogP contribution in [0.2, 0.25) is 0 Å². The van der Waals surface area contributed by atoms with E-state index in [4.69, 9.17) is 0 Å². The molecule has 0 aromatic carbocycles. The van der Waals surface area contributed by atoms with E-state index in [9.17, 15) is 5.11 Å². The third kappa shape index (κ3) is 2.04. The Morgan fingerprint density at radius 3 is 2.69 bits per heavy atom. The molecule has 2 aromatic rings. The standard InChI is InChI=1S/C11H12N4O/c1-7-9(8(2)16)5-13-11(15-7)10-3-4-12-6-14-10/h3-6,8,16H,1-2H3/t8-/m0/s1. The van der Waals surface area contributed by atoms with Crippen LogP contribution in [0.1, 0.15) is 24.3 Å². The van der Waals surface area contributed by atoms with Crippen LogP contribution in [0.25, 0.3) is 11.5 Å². The highest BCUT2D eigenvalue weighted by molar-refractivity contribution is 5.48. The van der Waals surface area contributed by atoms with Crippen molar-refractivity contribution in [2.45, 2.75) is 20.0 Å². The van der Waals surface area contributed by atoms with Crippen molar-refractivity contribution in [1.29, 1.82) is 0 Å². The molecule has 0 bridgehead atoms. The first-order chi connectivity index (χ1) is 7.68. The fourth-order valence-electron chi connectivity index (χ4n) is 1.43. The van der Waals surface area contributed by atoms with E-state index < -0.39 is 6.10 Å². The molecule has 0 saturated heterocycles. The van der Waals surface area contributed by atoms with E-state index in [1.54, 1.807) is 25.4 Å². The highest BCUT2D eigenvalue weighted by Gasteiger charge is 2.09. The maximum Gasteiger partial charge on any atom is 0.178 e. The molecule has 0 fully saturated rings. The molecule has 0 aliphatic heterocycles. The van der Waals surface area contributed by atoms with Crippen LogP contribution in [0.15, 0.2) is 24.8 Å². The average molecular weight is 216 g/mol. The average Bonchev–Trinajstić information content (AvgIpc) is 2.29. The van der Waals surface area contributed by atoms with Gasteiger partial charge in [0, 0.05) is 23.7 Å². The Hall–Kier alpha value is -1.88. The van der Waals surface area contributed by atoms with Crippen molar-refractivity contribution in [2.75, 3.05) is 0 Å². The van der Waals surface area contributed by atoms with Gasteiger partial charge in [0.15, 0.2) is 5.82 Å². The van der Waals surface area contributed by atoms with Crippen LogP contribution >= 0.6 is 0 Å². The van der Waals surface area contributed by atoms with Gasteiger partial charge < -0.3 is 5.11 Å². The zero-order valence-corrected chi connectivity index (χ0v) is 9.12. The summed E-state index contributed by atoms with van der Waals surface area (Å²) in [6, 6.07) is 1.75. The summed E-state index contributed by atoms with van der Waals surface area (Å²) in [4.78, 5) is 16.4. The van der Waals surface area contributed by atoms with Crippen molar-refractivity contribution in [3.05, 3.63) is 36.0 Å². The van der Waals surface area contributed by atoms with E-state index >= 15 is 0 Å². The predicted molar refractivity (Wildman–Crippen MR) is 58.4 cm³/mol. The Morgan fingerprint density at radius 2 is 2.12 bits per heavy atom. The zero-order valence-electron chi connectivity index (χ0n) is 9.12. The summed E-state index contributed by atoms with van der Waals surface area (Å²) in [5.41, 5.74) is 2.17. The lowest BCUT2D eigenvalue weighted by atomic mass is 10.1. The molecule has 5 heteroatoms. The molecule has 2 aromatic heterocycles. The summed E-state index contributed by atoms with van der Waals surface area (Å²) in [7, 11) is 0. The van der Waals surface area contributed by atoms with Crippen molar-refractivity contribution >= 4 is 0 Å². The molecular weight excluding hydrogens is 204 g/mol. The smallest absolute Gasteiger partial charge is 0.178 e. The molecule has 2 rings (SSSR count). The first-order valence-electron chi connectivity index (χ1n) is 4.96. The van der Waals surface area contributed by atoms with Crippen molar-refractivity contribution in [3.8, 4) is 11.5 Å². The molecule has 82 valence electrons. The summed E-state index contributed by atoms with van der Waals surface area (Å²) < 4.78 is 0. The Kier molecular flexibility index (Phi) is 2.87. The third-order valence-corrected chi connectivity index (χ3v) is 2.28. The summed E-state index contributed by atoms with van der Waals surface area (Å²) in [6.45, 7) is 3.53. The van der Waals surface area contributed by atoms with Crippen LogP contribution in [-0.2, 0) is 0 Å². The van der Waals surface area contributed by atoms with Gasteiger partial charge in [-0.15, -0.1) is 0 Å². The highest BCUT2D eigenvalue weighted by atomic mass is 16.3. The first-order valence-corrected chi connectivity index (χ1v) is 4.96. The maximum absolute atomic E-state index is 9.46. The van der Waals surface area contributed by atoms with Crippen molar-refractivity contribution in [3.63, 3.8) is 0 Å². The minimum atomic E-state index is -0.556. The maximum atomic E-state index is 9.46. The Balaban J connectivity index is 2.43. The fourth-order valence-corrected chi connectivity index (χ4v) is 1.43. The number of rotatable bonds is 2. The van der Waals surface area contributed by atoms with Crippen molar-refractivity contribution < 1.29 is 5.11 Å². The third-order valence-electron chi connectivity index (χ3n) is 2.28. The molecule has 0 spiro atoms. The number of aliphatic hydroxyl groups excluding tert-OH is 1. The van der Waals surface area contributed by atoms with Gasteiger partial charge >= 0.3 is 0 Å². The SMILES string of the molecule is Cc1nc(-c2ccncn2)ncc1[C@H](C)O. The number of nitrogens with zero attached hydrogens (tertiary/aromatic N) is 4. The van der Waals surface area contributed by atoms with E-state index in [-0.39, 0.29) is 0 Å². The second kappa shape index (κ2) is 4.32. The number of aryl methyl sites for hydroxylation is 1. The van der Waals surface area contributed by atoms with E-state index in [0.29, 0.717) is 11.5 Å². The van der Waals surface area contributed by atoms with Crippen LogP contribution in [0.5, 0.6) is 0 Å². The summed E-state index contributed by atoms with van der Waals surface area (Å²) in [5, 5.41) is 9.46. The molecule has 2 heterocycles. The Morgan fingerprint density at radius 1 is 1.31 bits per heavy atom. The fraction of sp³-hybridized carbons (Fsp3) is 0.273. The van der Waals surface area contributed by atoms with Crippen LogP contribution in [0.4, 0.5) is 0 Å². The van der Waals surface area contributed by atoms with Crippen LogP contribution in [0, 0.1) is 6.92 Å². The lowest BCUT2D eigenvalue weighted by molar-refractivity contribution is 0.197. The minimum Gasteiger partial charge on any atom is -0.389 e. The van der Waals surface area contributed by atoms with Crippen LogP contribution < -0.4 is 0 Å². The molecule has 5 nitrogen and oxygen atoms in total. The van der Waals surface area contributed by atoms with E-state index in [1.807, 2.05) is 6.92 Å². The number of hydrogen-bond donors (Lipinski definition) is 1.